The van der Waals surface area contributed by atoms with Gasteiger partial charge < -0.3 is 9.47 Å². The van der Waals surface area contributed by atoms with Crippen LogP contribution >= 0.6 is 0 Å². The van der Waals surface area contributed by atoms with E-state index < -0.39 is 0 Å². The summed E-state index contributed by atoms with van der Waals surface area (Å²) in [4.78, 5) is 72.5. The van der Waals surface area contributed by atoms with E-state index in [0.717, 1.165) is 19.3 Å². The first kappa shape index (κ1) is 40.5. The summed E-state index contributed by atoms with van der Waals surface area (Å²) in [5, 5.41) is 0. The molecule has 0 N–H and O–H groups in total. The molecule has 0 radical (unpaired) electrons. The van der Waals surface area contributed by atoms with Crippen molar-refractivity contribution in [3.8, 4) is 0 Å². The van der Waals surface area contributed by atoms with Crippen molar-refractivity contribution in [1.29, 1.82) is 0 Å². The van der Waals surface area contributed by atoms with Crippen LogP contribution in [-0.2, 0) is 38.2 Å². The van der Waals surface area contributed by atoms with Crippen LogP contribution in [0.15, 0.2) is 0 Å². The molecule has 10 heteroatoms. The molecule has 2 rings (SSSR count). The first-order chi connectivity index (χ1) is 20.4. The van der Waals surface area contributed by atoms with Crippen LogP contribution in [0.1, 0.15) is 113 Å². The Balaban J connectivity index is 0.000000783. The third kappa shape index (κ3) is 15.2. The first-order valence-corrected chi connectivity index (χ1v) is 16.3. The lowest BCUT2D eigenvalue weighted by Gasteiger charge is -2.16. The maximum absolute atomic E-state index is 12.0. The van der Waals surface area contributed by atoms with E-state index in [-0.39, 0.29) is 58.9 Å². The molecule has 0 aromatic rings. The van der Waals surface area contributed by atoms with Crippen molar-refractivity contribution < 1.29 is 38.2 Å². The van der Waals surface area contributed by atoms with Gasteiger partial charge in [0.1, 0.15) is 11.6 Å². The Morgan fingerprint density at radius 2 is 1.09 bits per heavy atom. The van der Waals surface area contributed by atoms with E-state index in [4.69, 9.17) is 9.47 Å². The number of ketones is 2. The molecule has 2 fully saturated rings. The predicted octanol–water partition coefficient (Wildman–Crippen LogP) is 5.00. The highest BCUT2D eigenvalue weighted by molar-refractivity contribution is 6.04. The average molecular weight is 611 g/mol. The summed E-state index contributed by atoms with van der Waals surface area (Å²) in [6.45, 7) is 17.9. The number of hydrogen-bond donors (Lipinski definition) is 0. The van der Waals surface area contributed by atoms with Gasteiger partial charge in [0.25, 0.3) is 0 Å². The van der Waals surface area contributed by atoms with Gasteiger partial charge in [-0.05, 0) is 24.7 Å². The summed E-state index contributed by atoms with van der Waals surface area (Å²) in [6.07, 6.45) is 5.42. The molecule has 0 aliphatic carbocycles. The van der Waals surface area contributed by atoms with Gasteiger partial charge in [0.05, 0.1) is 33.0 Å². The van der Waals surface area contributed by atoms with E-state index in [1.54, 1.807) is 0 Å². The molecule has 248 valence electrons. The van der Waals surface area contributed by atoms with Gasteiger partial charge in [-0.15, -0.1) is 0 Å². The van der Waals surface area contributed by atoms with Gasteiger partial charge in [-0.3, -0.25) is 38.6 Å². The number of carbonyl (C=O) groups excluding carboxylic acids is 6. The van der Waals surface area contributed by atoms with E-state index in [1.807, 2.05) is 55.4 Å². The quantitative estimate of drug-likeness (QED) is 0.148. The Morgan fingerprint density at radius 3 is 1.53 bits per heavy atom. The molecule has 10 nitrogen and oxygen atoms in total. The van der Waals surface area contributed by atoms with E-state index in [9.17, 15) is 28.8 Å². The summed E-state index contributed by atoms with van der Waals surface area (Å²) < 4.78 is 10.6. The number of rotatable bonds is 19. The lowest BCUT2D eigenvalue weighted by molar-refractivity contribution is -0.141. The van der Waals surface area contributed by atoms with Gasteiger partial charge in [0.15, 0.2) is 0 Å². The number of imide groups is 2. The zero-order valence-corrected chi connectivity index (χ0v) is 28.1. The second-order valence-corrected chi connectivity index (χ2v) is 11.4. The van der Waals surface area contributed by atoms with Crippen LogP contribution in [0.3, 0.4) is 0 Å². The number of amides is 4. The number of unbranched alkanes of at least 4 members (excludes halogenated alkanes) is 2. The van der Waals surface area contributed by atoms with E-state index in [1.165, 1.54) is 9.80 Å². The van der Waals surface area contributed by atoms with Crippen LogP contribution in [0.2, 0.25) is 0 Å². The molecule has 0 aromatic carbocycles. The molecule has 2 atom stereocenters. The normalized spacial score (nSPS) is 18.3. The maximum atomic E-state index is 12.0. The van der Waals surface area contributed by atoms with Crippen LogP contribution in [0.4, 0.5) is 0 Å². The lowest BCUT2D eigenvalue weighted by atomic mass is 9.94. The molecule has 2 aliphatic rings. The Hall–Kier alpha value is -2.46. The summed E-state index contributed by atoms with van der Waals surface area (Å²) >= 11 is 0. The molecule has 0 spiro atoms. The number of nitrogens with zero attached hydrogens (tertiary/aromatic N) is 2. The molecule has 0 aromatic heterocycles. The molecule has 2 unspecified atom stereocenters. The fourth-order valence-corrected chi connectivity index (χ4v) is 4.72. The van der Waals surface area contributed by atoms with Crippen LogP contribution < -0.4 is 0 Å². The SMILES string of the molecule is CC.CCC(=O)CCCCCN1C(=O)CC(C(C)C)C1=O.CCC(=O)CCOCCOCCN1C(=O)CC(C(C)C)C1=O. The molecule has 43 heavy (non-hydrogen) atoms. The zero-order chi connectivity index (χ0) is 32.9. The van der Waals surface area contributed by atoms with E-state index >= 15 is 0 Å². The van der Waals surface area contributed by atoms with Crippen molar-refractivity contribution in [2.75, 3.05) is 39.5 Å². The minimum atomic E-state index is -0.188. The van der Waals surface area contributed by atoms with Crippen LogP contribution in [0, 0.1) is 23.7 Å². The van der Waals surface area contributed by atoms with Crippen molar-refractivity contribution >= 4 is 35.2 Å². The van der Waals surface area contributed by atoms with Crippen molar-refractivity contribution in [3.05, 3.63) is 0 Å². The molecule has 2 aliphatic heterocycles. The van der Waals surface area contributed by atoms with Crippen molar-refractivity contribution in [3.63, 3.8) is 0 Å². The standard InChI is InChI=1S/C16H27NO5.C15H25NO3.C2H6/c1-4-13(18)5-7-21-9-10-22-8-6-17-15(19)11-14(12(2)3)16(17)20;1-4-12(17)8-6-5-7-9-16-14(18)10-13(11(2)3)15(16)19;1-2/h12,14H,4-11H2,1-3H3;11,13H,4-10H2,1-3H3;1-2H3. The minimum Gasteiger partial charge on any atom is -0.379 e. The highest BCUT2D eigenvalue weighted by Crippen LogP contribution is 2.27. The van der Waals surface area contributed by atoms with Gasteiger partial charge in [-0.25, -0.2) is 0 Å². The Kier molecular flexibility index (Phi) is 21.7. The first-order valence-electron chi connectivity index (χ1n) is 16.3. The minimum absolute atomic E-state index is 0.00960. The van der Waals surface area contributed by atoms with Crippen LogP contribution in [-0.4, -0.2) is 84.5 Å². The summed E-state index contributed by atoms with van der Waals surface area (Å²) in [7, 11) is 0. The van der Waals surface area contributed by atoms with Crippen molar-refractivity contribution in [2.45, 2.75) is 113 Å². The zero-order valence-electron chi connectivity index (χ0n) is 28.1. The molecular formula is C33H58N2O8. The largest absolute Gasteiger partial charge is 0.379 e. The highest BCUT2D eigenvalue weighted by Gasteiger charge is 2.40. The van der Waals surface area contributed by atoms with Crippen LogP contribution in [0.5, 0.6) is 0 Å². The number of hydrogen-bond acceptors (Lipinski definition) is 8. The number of carbonyl (C=O) groups is 6. The third-order valence-electron chi connectivity index (χ3n) is 7.65. The molecular weight excluding hydrogens is 552 g/mol. The smallest absolute Gasteiger partial charge is 0.233 e. The lowest BCUT2D eigenvalue weighted by Crippen LogP contribution is -2.34. The number of likely N-dealkylation sites (tertiary alicyclic amines) is 2. The van der Waals surface area contributed by atoms with Gasteiger partial charge in [-0.1, -0.05) is 61.8 Å². The second-order valence-electron chi connectivity index (χ2n) is 11.4. The monoisotopic (exact) mass is 610 g/mol. The molecule has 0 bridgehead atoms. The fourth-order valence-electron chi connectivity index (χ4n) is 4.72. The van der Waals surface area contributed by atoms with Gasteiger partial charge in [-0.2, -0.15) is 0 Å². The topological polar surface area (TPSA) is 127 Å². The Morgan fingerprint density at radius 1 is 0.651 bits per heavy atom. The van der Waals surface area contributed by atoms with Crippen molar-refractivity contribution in [2.24, 2.45) is 23.7 Å². The summed E-state index contributed by atoms with van der Waals surface area (Å²) in [6, 6.07) is 0. The third-order valence-corrected chi connectivity index (χ3v) is 7.65. The molecule has 2 heterocycles. The summed E-state index contributed by atoms with van der Waals surface area (Å²) in [5.41, 5.74) is 0. The maximum Gasteiger partial charge on any atom is 0.233 e. The van der Waals surface area contributed by atoms with E-state index in [2.05, 4.69) is 0 Å². The fraction of sp³-hybridized carbons (Fsp3) is 0.818. The molecule has 4 amide bonds. The van der Waals surface area contributed by atoms with Gasteiger partial charge in [0.2, 0.25) is 23.6 Å². The molecule has 0 saturated carbocycles. The van der Waals surface area contributed by atoms with Gasteiger partial charge in [0, 0.05) is 56.9 Å². The highest BCUT2D eigenvalue weighted by atomic mass is 16.5. The number of ether oxygens (including phenoxy) is 2. The second kappa shape index (κ2) is 23.0. The predicted molar refractivity (Wildman–Crippen MR) is 166 cm³/mol. The van der Waals surface area contributed by atoms with Crippen molar-refractivity contribution in [1.82, 2.24) is 9.80 Å². The average Bonchev–Trinajstić information content (AvgIpc) is 3.44. The summed E-state index contributed by atoms with van der Waals surface area (Å²) in [5.74, 6) is 0.323. The van der Waals surface area contributed by atoms with Crippen LogP contribution in [0.25, 0.3) is 0 Å². The number of Topliss-reactive ketones (excluding diaryl/α,β-unsaturated/α-hetero) is 2. The molecule has 2 saturated heterocycles. The Labute approximate surface area is 259 Å². The van der Waals surface area contributed by atoms with E-state index in [0.29, 0.717) is 78.0 Å². The Bertz CT molecular complexity index is 886. The van der Waals surface area contributed by atoms with Gasteiger partial charge >= 0.3 is 0 Å².